The molecule has 0 aliphatic rings. The summed E-state index contributed by atoms with van der Waals surface area (Å²) >= 11 is 0. The fourth-order valence-electron chi connectivity index (χ4n) is 9.09. The zero-order chi connectivity index (χ0) is 41.1. The molecule has 56 heavy (non-hydrogen) atoms. The number of hydrogen-bond acceptors (Lipinski definition) is 2. The van der Waals surface area contributed by atoms with E-state index in [1.54, 1.807) is 0 Å². The van der Waals surface area contributed by atoms with Gasteiger partial charge in [-0.3, -0.25) is 0 Å². The molecule has 2 aromatic heterocycles. The lowest BCUT2D eigenvalue weighted by molar-refractivity contribution is 0.668. The van der Waals surface area contributed by atoms with Gasteiger partial charge in [0.05, 0.1) is 6.85 Å². The Morgan fingerprint density at radius 3 is 1.46 bits per heavy atom. The number of rotatable bonds is 4. The third-order valence-electron chi connectivity index (χ3n) is 11.4. The van der Waals surface area contributed by atoms with Crippen LogP contribution in [-0.2, 0) is 0 Å². The van der Waals surface area contributed by atoms with Crippen LogP contribution in [0.3, 0.4) is 0 Å². The van der Waals surface area contributed by atoms with Crippen molar-refractivity contribution in [2.75, 3.05) is 0 Å². The van der Waals surface area contributed by atoms with Gasteiger partial charge >= 0.3 is 0 Å². The average Bonchev–Trinajstić information content (AvgIpc) is 3.88. The largest absolute Gasteiger partial charge is 0.456 e. The first-order valence-electron chi connectivity index (χ1n) is 21.3. The SMILES string of the molecule is [2H]c1c([2H])c([2H])c(-c2c3ccccc3c(-c3cccc4c(-c5c(-c6cccc7c6oc6ccccc67)ccc6oc7ccccc7c56)cccc34)c3ccccc23)c([2H])c1[2H]. The quantitative estimate of drug-likeness (QED) is 0.169. The summed E-state index contributed by atoms with van der Waals surface area (Å²) in [7, 11) is 0. The molecule has 0 saturated carbocycles. The zero-order valence-corrected chi connectivity index (χ0v) is 29.9. The van der Waals surface area contributed by atoms with Gasteiger partial charge in [0.15, 0.2) is 0 Å². The van der Waals surface area contributed by atoms with Crippen molar-refractivity contribution in [3.63, 3.8) is 0 Å². The molecule has 0 N–H and O–H groups in total. The van der Waals surface area contributed by atoms with Crippen LogP contribution in [0, 0.1) is 0 Å². The van der Waals surface area contributed by atoms with Crippen molar-refractivity contribution in [2.45, 2.75) is 0 Å². The van der Waals surface area contributed by atoms with Gasteiger partial charge in [0.25, 0.3) is 0 Å². The van der Waals surface area contributed by atoms with Gasteiger partial charge in [0.2, 0.25) is 0 Å². The van der Waals surface area contributed by atoms with E-state index in [4.69, 9.17) is 15.7 Å². The minimum Gasteiger partial charge on any atom is -0.456 e. The molecule has 260 valence electrons. The Hall–Kier alpha value is -7.42. The lowest BCUT2D eigenvalue weighted by Gasteiger charge is -2.20. The molecular weight excluding hydrogens is 681 g/mol. The van der Waals surface area contributed by atoms with Crippen molar-refractivity contribution in [2.24, 2.45) is 0 Å². The molecule has 0 atom stereocenters. The Bertz CT molecular complexity index is 3750. The molecule has 2 nitrogen and oxygen atoms in total. The van der Waals surface area contributed by atoms with Crippen LogP contribution >= 0.6 is 0 Å². The summed E-state index contributed by atoms with van der Waals surface area (Å²) in [6.07, 6.45) is 0. The molecule has 2 heterocycles. The Labute approximate surface area is 329 Å². The van der Waals surface area contributed by atoms with Crippen molar-refractivity contribution >= 4 is 76.2 Å². The van der Waals surface area contributed by atoms with Crippen LogP contribution in [0.15, 0.2) is 203 Å². The van der Waals surface area contributed by atoms with Gasteiger partial charge in [-0.15, -0.1) is 0 Å². The minimum atomic E-state index is -0.410. The summed E-state index contributed by atoms with van der Waals surface area (Å²) in [5.41, 5.74) is 10.2. The Balaban J connectivity index is 1.19. The van der Waals surface area contributed by atoms with E-state index in [-0.39, 0.29) is 29.7 Å². The highest BCUT2D eigenvalue weighted by molar-refractivity contribution is 6.26. The van der Waals surface area contributed by atoms with Crippen LogP contribution in [0.5, 0.6) is 0 Å². The van der Waals surface area contributed by atoms with E-state index in [9.17, 15) is 0 Å². The Morgan fingerprint density at radius 1 is 0.304 bits per heavy atom. The second-order valence-corrected chi connectivity index (χ2v) is 14.3. The number of fused-ring (bicyclic) bond motifs is 9. The molecule has 0 saturated heterocycles. The van der Waals surface area contributed by atoms with Crippen LogP contribution in [-0.4, -0.2) is 0 Å². The fraction of sp³-hybridized carbons (Fsp3) is 0. The zero-order valence-electron chi connectivity index (χ0n) is 34.9. The van der Waals surface area contributed by atoms with Crippen molar-refractivity contribution in [3.8, 4) is 44.5 Å². The summed E-state index contributed by atoms with van der Waals surface area (Å²) in [6, 6.07) is 54.4. The molecule has 0 amide bonds. The summed E-state index contributed by atoms with van der Waals surface area (Å²) in [5, 5.41) is 9.73. The summed E-state index contributed by atoms with van der Waals surface area (Å²) in [4.78, 5) is 0. The second-order valence-electron chi connectivity index (χ2n) is 14.3. The molecular formula is C54H32O2. The summed E-state index contributed by atoms with van der Waals surface area (Å²) in [6.45, 7) is 0. The predicted octanol–water partition coefficient (Wildman–Crippen LogP) is 15.6. The van der Waals surface area contributed by atoms with Gasteiger partial charge < -0.3 is 8.83 Å². The van der Waals surface area contributed by atoms with E-state index in [0.29, 0.717) is 5.56 Å². The number of para-hydroxylation sites is 3. The smallest absolute Gasteiger partial charge is 0.143 e. The van der Waals surface area contributed by atoms with Crippen molar-refractivity contribution < 1.29 is 15.7 Å². The second kappa shape index (κ2) is 12.0. The normalized spacial score (nSPS) is 13.2. The van der Waals surface area contributed by atoms with E-state index in [1.165, 1.54) is 0 Å². The van der Waals surface area contributed by atoms with E-state index >= 15 is 0 Å². The first-order valence-corrected chi connectivity index (χ1v) is 18.8. The van der Waals surface area contributed by atoms with Crippen LogP contribution in [0.4, 0.5) is 0 Å². The first-order chi connectivity index (χ1) is 29.9. The van der Waals surface area contributed by atoms with E-state index in [2.05, 4.69) is 97.1 Å². The molecule has 0 bridgehead atoms. The third kappa shape index (κ3) is 4.44. The van der Waals surface area contributed by atoms with Crippen LogP contribution < -0.4 is 0 Å². The van der Waals surface area contributed by atoms with Crippen molar-refractivity contribution in [3.05, 3.63) is 194 Å². The Morgan fingerprint density at radius 2 is 0.804 bits per heavy atom. The summed E-state index contributed by atoms with van der Waals surface area (Å²) < 4.78 is 56.7. The molecule has 10 aromatic carbocycles. The standard InChI is InChI=1S/C54H32O2/c1-2-15-33(16-3-1)50-39-18-4-6-20-41(39)51(42-21-7-5-19-40(42)50)37-25-12-24-35-34(37)23-13-26-38(35)52-43(31-32-49-53(52)46-22-9-11-30-48(46)55-49)45-28-14-27-44-36-17-8-10-29-47(36)56-54(44)45/h1-32H/i1D,2D,3D,15D,16D. The topological polar surface area (TPSA) is 26.3 Å². The minimum absolute atomic E-state index is 0.192. The Kier molecular flexibility index (Phi) is 5.67. The maximum Gasteiger partial charge on any atom is 0.143 e. The lowest BCUT2D eigenvalue weighted by Crippen LogP contribution is -1.93. The molecule has 0 aliphatic heterocycles. The fourth-order valence-corrected chi connectivity index (χ4v) is 9.09. The molecule has 0 unspecified atom stereocenters. The van der Waals surface area contributed by atoms with Crippen molar-refractivity contribution in [1.82, 2.24) is 0 Å². The van der Waals surface area contributed by atoms with E-state index < -0.39 is 6.04 Å². The highest BCUT2D eigenvalue weighted by Gasteiger charge is 2.23. The number of furan rings is 2. The summed E-state index contributed by atoms with van der Waals surface area (Å²) in [5.74, 6) is 0. The number of hydrogen-bond donors (Lipinski definition) is 0. The van der Waals surface area contributed by atoms with E-state index in [0.717, 1.165) is 110 Å². The van der Waals surface area contributed by atoms with Gasteiger partial charge in [0.1, 0.15) is 22.3 Å². The van der Waals surface area contributed by atoms with E-state index in [1.807, 2.05) is 66.7 Å². The highest BCUT2D eigenvalue weighted by atomic mass is 16.3. The molecule has 0 spiro atoms. The highest BCUT2D eigenvalue weighted by Crippen LogP contribution is 2.50. The molecule has 0 fully saturated rings. The molecule has 12 aromatic rings. The van der Waals surface area contributed by atoms with Gasteiger partial charge in [-0.2, -0.15) is 0 Å². The lowest BCUT2D eigenvalue weighted by atomic mass is 9.83. The van der Waals surface area contributed by atoms with Gasteiger partial charge in [0, 0.05) is 32.7 Å². The van der Waals surface area contributed by atoms with Crippen LogP contribution in [0.1, 0.15) is 6.85 Å². The van der Waals surface area contributed by atoms with Crippen LogP contribution in [0.25, 0.3) is 121 Å². The van der Waals surface area contributed by atoms with Gasteiger partial charge in [-0.1, -0.05) is 170 Å². The first kappa shape index (κ1) is 26.4. The predicted molar refractivity (Wildman–Crippen MR) is 235 cm³/mol. The molecule has 0 aliphatic carbocycles. The maximum atomic E-state index is 9.02. The van der Waals surface area contributed by atoms with Gasteiger partial charge in [-0.25, -0.2) is 0 Å². The monoisotopic (exact) mass is 717 g/mol. The van der Waals surface area contributed by atoms with Gasteiger partial charge in [-0.05, 0) is 90.0 Å². The third-order valence-corrected chi connectivity index (χ3v) is 11.4. The molecule has 12 rings (SSSR count). The molecule has 2 heteroatoms. The van der Waals surface area contributed by atoms with Crippen LogP contribution in [0.2, 0.25) is 0 Å². The molecule has 0 radical (unpaired) electrons. The maximum absolute atomic E-state index is 9.02. The van der Waals surface area contributed by atoms with Crippen molar-refractivity contribution in [1.29, 1.82) is 0 Å². The number of benzene rings is 10. The average molecular weight is 718 g/mol.